The van der Waals surface area contributed by atoms with Crippen molar-refractivity contribution in [2.24, 2.45) is 0 Å². The topological polar surface area (TPSA) is 76.0 Å². The zero-order chi connectivity index (χ0) is 9.97. The molecule has 0 radical (unpaired) electrons. The molecule has 0 unspecified atom stereocenters. The summed E-state index contributed by atoms with van der Waals surface area (Å²) >= 11 is 1.26. The van der Waals surface area contributed by atoms with Gasteiger partial charge in [-0.15, -0.1) is 11.3 Å². The van der Waals surface area contributed by atoms with E-state index < -0.39 is 5.97 Å². The predicted octanol–water partition coefficient (Wildman–Crippen LogP) is 1.30. The van der Waals surface area contributed by atoms with Crippen LogP contribution in [0.4, 0.5) is 0 Å². The van der Waals surface area contributed by atoms with Gasteiger partial charge in [0, 0.05) is 18.0 Å². The molecule has 0 atom stereocenters. The fraction of sp³-hybridized carbons (Fsp3) is 0. The molecule has 0 fully saturated rings. The molecule has 14 heavy (non-hydrogen) atoms. The lowest BCUT2D eigenvalue weighted by Gasteiger charge is -1.95. The number of rotatable bonds is 2. The molecule has 0 amide bonds. The first-order valence-electron chi connectivity index (χ1n) is 3.71. The highest BCUT2D eigenvalue weighted by Gasteiger charge is 2.14. The van der Waals surface area contributed by atoms with Gasteiger partial charge in [-0.05, 0) is 0 Å². The highest BCUT2D eigenvalue weighted by Crippen LogP contribution is 2.25. The fourth-order valence-corrected chi connectivity index (χ4v) is 1.78. The Hall–Kier alpha value is -1.82. The minimum absolute atomic E-state index is 0.0461. The van der Waals surface area contributed by atoms with Gasteiger partial charge in [0.15, 0.2) is 5.69 Å². The Morgan fingerprint density at radius 2 is 2.07 bits per heavy atom. The van der Waals surface area contributed by atoms with E-state index in [9.17, 15) is 4.79 Å². The molecule has 5 nitrogen and oxygen atoms in total. The summed E-state index contributed by atoms with van der Waals surface area (Å²) in [6, 6.07) is 0. The van der Waals surface area contributed by atoms with Crippen LogP contribution in [-0.2, 0) is 0 Å². The van der Waals surface area contributed by atoms with Gasteiger partial charge < -0.3 is 5.11 Å². The van der Waals surface area contributed by atoms with Crippen LogP contribution >= 0.6 is 11.3 Å². The molecular formula is C8H5N3O2S. The molecule has 6 heteroatoms. The van der Waals surface area contributed by atoms with Crippen LogP contribution in [0, 0.1) is 0 Å². The van der Waals surface area contributed by atoms with Crippen LogP contribution < -0.4 is 0 Å². The van der Waals surface area contributed by atoms with Gasteiger partial charge in [0.2, 0.25) is 0 Å². The molecule has 2 aromatic heterocycles. The van der Waals surface area contributed by atoms with Crippen LogP contribution in [0.25, 0.3) is 10.4 Å². The predicted molar refractivity (Wildman–Crippen MR) is 50.1 cm³/mol. The monoisotopic (exact) mass is 207 g/mol. The molecular weight excluding hydrogens is 202 g/mol. The van der Waals surface area contributed by atoms with Crippen molar-refractivity contribution < 1.29 is 9.90 Å². The van der Waals surface area contributed by atoms with Crippen LogP contribution in [0.1, 0.15) is 10.5 Å². The maximum atomic E-state index is 10.8. The molecule has 1 N–H and O–H groups in total. The number of thiazole rings is 1. The lowest BCUT2D eigenvalue weighted by atomic mass is 10.2. The summed E-state index contributed by atoms with van der Waals surface area (Å²) in [5, 5.41) is 8.82. The maximum Gasteiger partial charge on any atom is 0.356 e. The van der Waals surface area contributed by atoms with Crippen molar-refractivity contribution in [1.29, 1.82) is 0 Å². The summed E-state index contributed by atoms with van der Waals surface area (Å²) in [7, 11) is 0. The van der Waals surface area contributed by atoms with E-state index in [1.54, 1.807) is 12.4 Å². The third-order valence-electron chi connectivity index (χ3n) is 1.59. The van der Waals surface area contributed by atoms with Crippen LogP contribution in [0.2, 0.25) is 0 Å². The van der Waals surface area contributed by atoms with Crippen LogP contribution in [0.3, 0.4) is 0 Å². The maximum absolute atomic E-state index is 10.8. The standard InChI is InChI=1S/C8H5N3O2S/c12-8(13)6-7(14-4-11-6)5-1-9-3-10-2-5/h1-4H,(H,12,13). The first-order chi connectivity index (χ1) is 6.79. The highest BCUT2D eigenvalue weighted by molar-refractivity contribution is 7.13. The van der Waals surface area contributed by atoms with E-state index in [4.69, 9.17) is 5.11 Å². The minimum Gasteiger partial charge on any atom is -0.476 e. The number of hydrogen-bond acceptors (Lipinski definition) is 5. The van der Waals surface area contributed by atoms with Crippen molar-refractivity contribution in [2.45, 2.75) is 0 Å². The van der Waals surface area contributed by atoms with E-state index in [2.05, 4.69) is 15.0 Å². The van der Waals surface area contributed by atoms with Gasteiger partial charge in [0.05, 0.1) is 10.4 Å². The van der Waals surface area contributed by atoms with Crippen molar-refractivity contribution >= 4 is 17.3 Å². The number of hydrogen-bond donors (Lipinski definition) is 1. The second kappa shape index (κ2) is 3.51. The van der Waals surface area contributed by atoms with E-state index in [1.165, 1.54) is 23.2 Å². The average Bonchev–Trinajstić information content (AvgIpc) is 2.67. The summed E-state index contributed by atoms with van der Waals surface area (Å²) < 4.78 is 0. The van der Waals surface area contributed by atoms with Crippen LogP contribution in [0.15, 0.2) is 24.2 Å². The van der Waals surface area contributed by atoms with Gasteiger partial charge in [-0.25, -0.2) is 19.7 Å². The molecule has 0 saturated carbocycles. The van der Waals surface area contributed by atoms with E-state index in [0.29, 0.717) is 10.4 Å². The molecule has 0 aliphatic rings. The lowest BCUT2D eigenvalue weighted by molar-refractivity contribution is 0.0692. The van der Waals surface area contributed by atoms with Gasteiger partial charge in [-0.3, -0.25) is 0 Å². The lowest BCUT2D eigenvalue weighted by Crippen LogP contribution is -1.98. The first-order valence-corrected chi connectivity index (χ1v) is 4.59. The van der Waals surface area contributed by atoms with Gasteiger partial charge in [0.25, 0.3) is 0 Å². The van der Waals surface area contributed by atoms with Gasteiger partial charge in [0.1, 0.15) is 6.33 Å². The second-order valence-electron chi connectivity index (χ2n) is 2.46. The largest absolute Gasteiger partial charge is 0.476 e. The zero-order valence-electron chi connectivity index (χ0n) is 6.91. The number of carboxylic acid groups (broad SMARTS) is 1. The van der Waals surface area contributed by atoms with Gasteiger partial charge in [-0.1, -0.05) is 0 Å². The molecule has 0 aliphatic carbocycles. The molecule has 0 spiro atoms. The van der Waals surface area contributed by atoms with Crippen LogP contribution in [0.5, 0.6) is 0 Å². The Morgan fingerprint density at radius 3 is 2.71 bits per heavy atom. The molecule has 70 valence electrons. The van der Waals surface area contributed by atoms with Crippen molar-refractivity contribution in [3.05, 3.63) is 29.9 Å². The first kappa shape index (κ1) is 8.76. The van der Waals surface area contributed by atoms with Crippen molar-refractivity contribution in [1.82, 2.24) is 15.0 Å². The van der Waals surface area contributed by atoms with Gasteiger partial charge in [-0.2, -0.15) is 0 Å². The van der Waals surface area contributed by atoms with Crippen molar-refractivity contribution in [2.75, 3.05) is 0 Å². The number of carboxylic acids is 1. The van der Waals surface area contributed by atoms with E-state index in [0.717, 1.165) is 0 Å². The van der Waals surface area contributed by atoms with E-state index >= 15 is 0 Å². The molecule has 2 aromatic rings. The van der Waals surface area contributed by atoms with Crippen molar-refractivity contribution in [3.63, 3.8) is 0 Å². The summed E-state index contributed by atoms with van der Waals surface area (Å²) in [5.41, 5.74) is 2.21. The molecule has 0 bridgehead atoms. The molecule has 0 aliphatic heterocycles. The van der Waals surface area contributed by atoms with Gasteiger partial charge >= 0.3 is 5.97 Å². The normalized spacial score (nSPS) is 10.0. The number of carbonyl (C=O) groups is 1. The number of aromatic carboxylic acids is 1. The number of aromatic nitrogens is 3. The smallest absolute Gasteiger partial charge is 0.356 e. The molecule has 0 aromatic carbocycles. The fourth-order valence-electron chi connectivity index (χ4n) is 1.02. The van der Waals surface area contributed by atoms with Crippen molar-refractivity contribution in [3.8, 4) is 10.4 Å². The Kier molecular flexibility index (Phi) is 2.19. The summed E-state index contributed by atoms with van der Waals surface area (Å²) in [6.07, 6.45) is 4.52. The second-order valence-corrected chi connectivity index (χ2v) is 3.32. The minimum atomic E-state index is -1.04. The summed E-state index contributed by atoms with van der Waals surface area (Å²) in [6.45, 7) is 0. The van der Waals surface area contributed by atoms with E-state index in [-0.39, 0.29) is 5.69 Å². The molecule has 2 rings (SSSR count). The van der Waals surface area contributed by atoms with Crippen LogP contribution in [-0.4, -0.2) is 26.0 Å². The highest BCUT2D eigenvalue weighted by atomic mass is 32.1. The third-order valence-corrected chi connectivity index (χ3v) is 2.47. The Bertz CT molecular complexity index is 455. The Balaban J connectivity index is 2.52. The summed E-state index contributed by atoms with van der Waals surface area (Å²) in [4.78, 5) is 22.7. The third kappa shape index (κ3) is 1.47. The zero-order valence-corrected chi connectivity index (χ0v) is 7.73. The number of nitrogens with zero attached hydrogens (tertiary/aromatic N) is 3. The molecule has 2 heterocycles. The Morgan fingerprint density at radius 1 is 1.36 bits per heavy atom. The quantitative estimate of drug-likeness (QED) is 0.803. The van der Waals surface area contributed by atoms with E-state index in [1.807, 2.05) is 0 Å². The molecule has 0 saturated heterocycles. The summed E-state index contributed by atoms with van der Waals surface area (Å²) in [5.74, 6) is -1.04. The SMILES string of the molecule is O=C(O)c1ncsc1-c1cncnc1. The average molecular weight is 207 g/mol. The Labute approximate surface area is 83.1 Å².